The Labute approximate surface area is 67.6 Å². The summed E-state index contributed by atoms with van der Waals surface area (Å²) in [6.07, 6.45) is 2.61. The van der Waals surface area contributed by atoms with Crippen LogP contribution in [0.3, 0.4) is 0 Å². The van der Waals surface area contributed by atoms with Gasteiger partial charge in [-0.2, -0.15) is 0 Å². The van der Waals surface area contributed by atoms with Crippen LogP contribution in [-0.4, -0.2) is 39.6 Å². The third kappa shape index (κ3) is 1.72. The highest BCUT2D eigenvalue weighted by Gasteiger charge is 2.36. The number of ether oxygens (including phenoxy) is 3. The summed E-state index contributed by atoms with van der Waals surface area (Å²) in [7, 11) is 5.14. The van der Waals surface area contributed by atoms with E-state index in [2.05, 4.69) is 0 Å². The van der Waals surface area contributed by atoms with Crippen molar-refractivity contribution in [3.05, 3.63) is 0 Å². The molecule has 1 saturated carbocycles. The molecule has 0 saturated heterocycles. The summed E-state index contributed by atoms with van der Waals surface area (Å²) in [5.74, 6) is 0. The first kappa shape index (κ1) is 8.97. The molecule has 0 amide bonds. The Morgan fingerprint density at radius 2 is 1.27 bits per heavy atom. The molecule has 3 heteroatoms. The van der Waals surface area contributed by atoms with Crippen LogP contribution in [-0.2, 0) is 14.2 Å². The SMILES string of the molecule is COC1[C@@H](OC)CC[C@H]1OC. The van der Waals surface area contributed by atoms with Gasteiger partial charge in [-0.25, -0.2) is 0 Å². The van der Waals surface area contributed by atoms with Crippen LogP contribution < -0.4 is 0 Å². The Bertz CT molecular complexity index is 104. The summed E-state index contributed by atoms with van der Waals surface area (Å²) in [6.45, 7) is 0. The van der Waals surface area contributed by atoms with Gasteiger partial charge in [-0.3, -0.25) is 0 Å². The predicted octanol–water partition coefficient (Wildman–Crippen LogP) is 0.825. The summed E-state index contributed by atoms with van der Waals surface area (Å²) >= 11 is 0. The topological polar surface area (TPSA) is 27.7 Å². The van der Waals surface area contributed by atoms with Crippen molar-refractivity contribution in [2.75, 3.05) is 21.3 Å². The van der Waals surface area contributed by atoms with Gasteiger partial charge < -0.3 is 14.2 Å². The molecule has 0 aromatic carbocycles. The van der Waals surface area contributed by atoms with Gasteiger partial charge in [0.25, 0.3) is 0 Å². The van der Waals surface area contributed by atoms with Gasteiger partial charge in [0, 0.05) is 21.3 Å². The molecule has 0 heterocycles. The second-order valence-corrected chi connectivity index (χ2v) is 2.83. The molecule has 3 nitrogen and oxygen atoms in total. The molecule has 3 atom stereocenters. The molecule has 66 valence electrons. The maximum atomic E-state index is 5.27. The van der Waals surface area contributed by atoms with Crippen molar-refractivity contribution >= 4 is 0 Å². The maximum absolute atomic E-state index is 5.27. The van der Waals surface area contributed by atoms with Crippen LogP contribution in [0.15, 0.2) is 0 Å². The lowest BCUT2D eigenvalue weighted by molar-refractivity contribution is -0.0723. The van der Waals surface area contributed by atoms with Crippen LogP contribution in [0, 0.1) is 0 Å². The third-order valence-corrected chi connectivity index (χ3v) is 2.35. The number of hydrogen-bond acceptors (Lipinski definition) is 3. The van der Waals surface area contributed by atoms with E-state index in [1.165, 1.54) is 0 Å². The van der Waals surface area contributed by atoms with E-state index in [1.54, 1.807) is 21.3 Å². The van der Waals surface area contributed by atoms with E-state index in [0.717, 1.165) is 12.8 Å². The van der Waals surface area contributed by atoms with Crippen molar-refractivity contribution in [2.45, 2.75) is 31.2 Å². The van der Waals surface area contributed by atoms with Crippen LogP contribution in [0.2, 0.25) is 0 Å². The lowest BCUT2D eigenvalue weighted by Crippen LogP contribution is -2.33. The van der Waals surface area contributed by atoms with Crippen molar-refractivity contribution in [2.24, 2.45) is 0 Å². The van der Waals surface area contributed by atoms with Crippen molar-refractivity contribution in [3.8, 4) is 0 Å². The van der Waals surface area contributed by atoms with Crippen molar-refractivity contribution < 1.29 is 14.2 Å². The minimum absolute atomic E-state index is 0.116. The molecular weight excluding hydrogens is 144 g/mol. The predicted molar refractivity (Wildman–Crippen MR) is 41.6 cm³/mol. The number of methoxy groups -OCH3 is 3. The van der Waals surface area contributed by atoms with E-state index in [9.17, 15) is 0 Å². The van der Waals surface area contributed by atoms with E-state index < -0.39 is 0 Å². The summed E-state index contributed by atoms with van der Waals surface area (Å²) in [5, 5.41) is 0. The van der Waals surface area contributed by atoms with E-state index in [4.69, 9.17) is 14.2 Å². The van der Waals surface area contributed by atoms with Crippen LogP contribution in [0.4, 0.5) is 0 Å². The summed E-state index contributed by atoms with van der Waals surface area (Å²) in [5.41, 5.74) is 0. The smallest absolute Gasteiger partial charge is 0.109 e. The van der Waals surface area contributed by atoms with Crippen LogP contribution in [0.1, 0.15) is 12.8 Å². The average molecular weight is 160 g/mol. The van der Waals surface area contributed by atoms with Crippen molar-refractivity contribution in [3.63, 3.8) is 0 Å². The van der Waals surface area contributed by atoms with E-state index in [0.29, 0.717) is 0 Å². The molecule has 1 aliphatic carbocycles. The zero-order valence-corrected chi connectivity index (χ0v) is 7.37. The Morgan fingerprint density at radius 1 is 0.818 bits per heavy atom. The molecule has 1 fully saturated rings. The molecule has 1 rings (SSSR count). The minimum Gasteiger partial charge on any atom is -0.379 e. The van der Waals surface area contributed by atoms with Gasteiger partial charge in [-0.15, -0.1) is 0 Å². The fraction of sp³-hybridized carbons (Fsp3) is 1.00. The van der Waals surface area contributed by atoms with E-state index in [1.807, 2.05) is 0 Å². The first-order valence-electron chi connectivity index (χ1n) is 3.92. The second kappa shape index (κ2) is 4.04. The highest BCUT2D eigenvalue weighted by atomic mass is 16.6. The lowest BCUT2D eigenvalue weighted by Gasteiger charge is -2.21. The fourth-order valence-corrected chi connectivity index (χ4v) is 1.70. The second-order valence-electron chi connectivity index (χ2n) is 2.83. The molecule has 1 unspecified atom stereocenters. The number of hydrogen-bond donors (Lipinski definition) is 0. The molecule has 11 heavy (non-hydrogen) atoms. The van der Waals surface area contributed by atoms with E-state index >= 15 is 0 Å². The van der Waals surface area contributed by atoms with Gasteiger partial charge in [0.2, 0.25) is 0 Å². The summed E-state index contributed by atoms with van der Waals surface area (Å²) < 4.78 is 15.8. The molecule has 0 aliphatic heterocycles. The van der Waals surface area contributed by atoms with Crippen molar-refractivity contribution in [1.82, 2.24) is 0 Å². The molecular formula is C8H16O3. The minimum atomic E-state index is 0.116. The zero-order chi connectivity index (χ0) is 8.27. The summed E-state index contributed by atoms with van der Waals surface area (Å²) in [4.78, 5) is 0. The number of rotatable bonds is 3. The zero-order valence-electron chi connectivity index (χ0n) is 7.37. The Kier molecular flexibility index (Phi) is 3.30. The Balaban J connectivity index is 2.48. The Morgan fingerprint density at radius 3 is 1.55 bits per heavy atom. The highest BCUT2D eigenvalue weighted by molar-refractivity contribution is 4.87. The third-order valence-electron chi connectivity index (χ3n) is 2.35. The van der Waals surface area contributed by atoms with Crippen LogP contribution in [0.5, 0.6) is 0 Å². The molecule has 0 radical (unpaired) electrons. The van der Waals surface area contributed by atoms with Gasteiger partial charge >= 0.3 is 0 Å². The molecule has 0 aromatic heterocycles. The quantitative estimate of drug-likeness (QED) is 0.612. The molecule has 0 aromatic rings. The Hall–Kier alpha value is -0.120. The van der Waals surface area contributed by atoms with Gasteiger partial charge in [0.15, 0.2) is 0 Å². The first-order valence-corrected chi connectivity index (χ1v) is 3.92. The fourth-order valence-electron chi connectivity index (χ4n) is 1.70. The first-order chi connectivity index (χ1) is 5.33. The molecule has 0 bridgehead atoms. The van der Waals surface area contributed by atoms with Crippen LogP contribution >= 0.6 is 0 Å². The van der Waals surface area contributed by atoms with Crippen LogP contribution in [0.25, 0.3) is 0 Å². The van der Waals surface area contributed by atoms with Gasteiger partial charge in [0.1, 0.15) is 6.10 Å². The van der Waals surface area contributed by atoms with Gasteiger partial charge in [-0.1, -0.05) is 0 Å². The van der Waals surface area contributed by atoms with Gasteiger partial charge in [0.05, 0.1) is 12.2 Å². The standard InChI is InChI=1S/C8H16O3/c1-9-6-4-5-7(10-2)8(6)11-3/h6-8H,4-5H2,1-3H3/t6-,7+,8?. The molecule has 1 aliphatic rings. The summed E-state index contributed by atoms with van der Waals surface area (Å²) in [6, 6.07) is 0. The monoisotopic (exact) mass is 160 g/mol. The maximum Gasteiger partial charge on any atom is 0.109 e. The van der Waals surface area contributed by atoms with E-state index in [-0.39, 0.29) is 18.3 Å². The highest BCUT2D eigenvalue weighted by Crippen LogP contribution is 2.26. The normalized spacial score (nSPS) is 37.9. The van der Waals surface area contributed by atoms with Crippen molar-refractivity contribution in [1.29, 1.82) is 0 Å². The largest absolute Gasteiger partial charge is 0.379 e. The lowest BCUT2D eigenvalue weighted by atomic mass is 10.2. The molecule has 0 N–H and O–H groups in total. The molecule has 0 spiro atoms. The van der Waals surface area contributed by atoms with Gasteiger partial charge in [-0.05, 0) is 12.8 Å². The average Bonchev–Trinajstić information content (AvgIpc) is 2.45.